The van der Waals surface area contributed by atoms with Crippen molar-refractivity contribution in [2.75, 3.05) is 11.9 Å². The first kappa shape index (κ1) is 22.9. The third-order valence-corrected chi connectivity index (χ3v) is 6.56. The zero-order chi connectivity index (χ0) is 23.2. The quantitative estimate of drug-likeness (QED) is 0.317. The molecule has 0 spiro atoms. The Bertz CT molecular complexity index is 1210. The number of aryl methyl sites for hydroxylation is 2. The van der Waals surface area contributed by atoms with Gasteiger partial charge >= 0.3 is 0 Å². The summed E-state index contributed by atoms with van der Waals surface area (Å²) in [6.45, 7) is 7.01. The van der Waals surface area contributed by atoms with Gasteiger partial charge in [0, 0.05) is 15.8 Å². The Balaban J connectivity index is 1.32. The summed E-state index contributed by atoms with van der Waals surface area (Å²) in [7, 11) is 0. The molecule has 2 aromatic carbocycles. The van der Waals surface area contributed by atoms with Crippen molar-refractivity contribution in [3.8, 4) is 22.8 Å². The smallest absolute Gasteiger partial charge is 0.232 e. The predicted octanol–water partition coefficient (Wildman–Crippen LogP) is 6.04. The minimum Gasteiger partial charge on any atom is -0.494 e. The van der Waals surface area contributed by atoms with Crippen LogP contribution in [0.3, 0.4) is 0 Å². The lowest BCUT2D eigenvalue weighted by molar-refractivity contribution is -0.115. The maximum atomic E-state index is 12.5. The van der Waals surface area contributed by atoms with Crippen LogP contribution in [0.1, 0.15) is 28.1 Å². The number of ether oxygens (including phenoxy) is 2. The van der Waals surface area contributed by atoms with E-state index < -0.39 is 0 Å². The number of amides is 1. The molecule has 1 amide bonds. The van der Waals surface area contributed by atoms with E-state index >= 15 is 0 Å². The van der Waals surface area contributed by atoms with Crippen molar-refractivity contribution in [1.29, 1.82) is 0 Å². The van der Waals surface area contributed by atoms with Gasteiger partial charge in [0.1, 0.15) is 23.1 Å². The minimum absolute atomic E-state index is 0.140. The van der Waals surface area contributed by atoms with Crippen LogP contribution in [0, 0.1) is 13.8 Å². The van der Waals surface area contributed by atoms with Gasteiger partial charge in [-0.05, 0) is 57.2 Å². The second-order valence-electron chi connectivity index (χ2n) is 7.44. The van der Waals surface area contributed by atoms with E-state index in [9.17, 15) is 4.79 Å². The summed E-state index contributed by atoms with van der Waals surface area (Å²) in [5.41, 5.74) is 3.76. The van der Waals surface area contributed by atoms with Crippen LogP contribution >= 0.6 is 22.7 Å². The number of carbonyl (C=O) groups excluding carboxylic acids is 1. The maximum absolute atomic E-state index is 12.5. The van der Waals surface area contributed by atoms with Crippen molar-refractivity contribution < 1.29 is 14.3 Å². The SMILES string of the molecule is CCOc1ccc(-c2nc(NC(=O)Cc3csc(COc4ccc(C)cc4)n3)sc2C)cc1. The van der Waals surface area contributed by atoms with Crippen molar-refractivity contribution >= 4 is 33.7 Å². The molecule has 0 aliphatic rings. The van der Waals surface area contributed by atoms with Crippen LogP contribution in [0.2, 0.25) is 0 Å². The molecule has 170 valence electrons. The molecule has 0 aliphatic carbocycles. The molecule has 33 heavy (non-hydrogen) atoms. The van der Waals surface area contributed by atoms with Gasteiger partial charge in [-0.25, -0.2) is 9.97 Å². The molecule has 8 heteroatoms. The number of thiazole rings is 2. The van der Waals surface area contributed by atoms with Crippen LogP contribution in [-0.4, -0.2) is 22.5 Å². The lowest BCUT2D eigenvalue weighted by atomic mass is 10.1. The molecule has 0 unspecified atom stereocenters. The Labute approximate surface area is 201 Å². The Kier molecular flexibility index (Phi) is 7.36. The van der Waals surface area contributed by atoms with Crippen LogP contribution in [0.5, 0.6) is 11.5 Å². The molecular weight excluding hydrogens is 454 g/mol. The number of benzene rings is 2. The Morgan fingerprint density at radius 3 is 2.39 bits per heavy atom. The number of aromatic nitrogens is 2. The average molecular weight is 480 g/mol. The highest BCUT2D eigenvalue weighted by Crippen LogP contribution is 2.31. The fourth-order valence-electron chi connectivity index (χ4n) is 3.20. The molecule has 0 saturated heterocycles. The van der Waals surface area contributed by atoms with Crippen molar-refractivity contribution in [3.05, 3.63) is 75.1 Å². The molecule has 0 bridgehead atoms. The van der Waals surface area contributed by atoms with Gasteiger partial charge < -0.3 is 14.8 Å². The van der Waals surface area contributed by atoms with E-state index in [2.05, 4.69) is 15.3 Å². The van der Waals surface area contributed by atoms with Gasteiger partial charge in [-0.1, -0.05) is 17.7 Å². The molecule has 0 aliphatic heterocycles. The van der Waals surface area contributed by atoms with E-state index in [4.69, 9.17) is 9.47 Å². The fraction of sp³-hybridized carbons (Fsp3) is 0.240. The maximum Gasteiger partial charge on any atom is 0.232 e. The molecule has 4 rings (SSSR count). The Morgan fingerprint density at radius 1 is 0.970 bits per heavy atom. The summed E-state index contributed by atoms with van der Waals surface area (Å²) in [4.78, 5) is 22.7. The third kappa shape index (κ3) is 6.18. The Morgan fingerprint density at radius 2 is 1.67 bits per heavy atom. The van der Waals surface area contributed by atoms with E-state index in [1.807, 2.05) is 74.7 Å². The first-order valence-electron chi connectivity index (χ1n) is 10.6. The molecule has 0 fully saturated rings. The van der Waals surface area contributed by atoms with E-state index in [0.717, 1.165) is 38.3 Å². The molecular formula is C25H25N3O3S2. The second kappa shape index (κ2) is 10.6. The van der Waals surface area contributed by atoms with Gasteiger partial charge in [0.2, 0.25) is 5.91 Å². The van der Waals surface area contributed by atoms with Crippen molar-refractivity contribution in [3.63, 3.8) is 0 Å². The number of anilines is 1. The van der Waals surface area contributed by atoms with Crippen LogP contribution in [0.15, 0.2) is 53.9 Å². The highest BCUT2D eigenvalue weighted by atomic mass is 32.1. The van der Waals surface area contributed by atoms with Gasteiger partial charge in [-0.2, -0.15) is 0 Å². The van der Waals surface area contributed by atoms with Gasteiger partial charge in [0.15, 0.2) is 5.13 Å². The lowest BCUT2D eigenvalue weighted by Gasteiger charge is -2.04. The monoisotopic (exact) mass is 479 g/mol. The molecule has 6 nitrogen and oxygen atoms in total. The van der Waals surface area contributed by atoms with Crippen molar-refractivity contribution in [1.82, 2.24) is 9.97 Å². The Hall–Kier alpha value is -3.23. The summed E-state index contributed by atoms with van der Waals surface area (Å²) in [6, 6.07) is 15.7. The van der Waals surface area contributed by atoms with Crippen LogP contribution in [-0.2, 0) is 17.8 Å². The second-order valence-corrected chi connectivity index (χ2v) is 9.59. The highest BCUT2D eigenvalue weighted by Gasteiger charge is 2.14. The van der Waals surface area contributed by atoms with Crippen molar-refractivity contribution in [2.45, 2.75) is 33.8 Å². The normalized spacial score (nSPS) is 10.8. The zero-order valence-electron chi connectivity index (χ0n) is 18.8. The van der Waals surface area contributed by atoms with E-state index in [-0.39, 0.29) is 12.3 Å². The summed E-state index contributed by atoms with van der Waals surface area (Å²) >= 11 is 2.95. The zero-order valence-corrected chi connectivity index (χ0v) is 20.4. The predicted molar refractivity (Wildman–Crippen MR) is 133 cm³/mol. The first-order chi connectivity index (χ1) is 16.0. The highest BCUT2D eigenvalue weighted by molar-refractivity contribution is 7.16. The molecule has 0 saturated carbocycles. The average Bonchev–Trinajstić information content (AvgIpc) is 3.40. The van der Waals surface area contributed by atoms with Gasteiger partial charge in [-0.3, -0.25) is 4.79 Å². The standard InChI is InChI=1S/C25H25N3O3S2/c1-4-30-20-11-7-18(8-12-20)24-17(3)33-25(28-24)27-22(29)13-19-15-32-23(26-19)14-31-21-9-5-16(2)6-10-21/h5-12,15H,4,13-14H2,1-3H3,(H,27,28,29). The minimum atomic E-state index is -0.140. The van der Waals surface area contributed by atoms with Gasteiger partial charge in [-0.15, -0.1) is 22.7 Å². The van der Waals surface area contributed by atoms with Gasteiger partial charge in [0.25, 0.3) is 0 Å². The summed E-state index contributed by atoms with van der Waals surface area (Å²) in [5.74, 6) is 1.49. The van der Waals surface area contributed by atoms with Crippen LogP contribution in [0.25, 0.3) is 11.3 Å². The lowest BCUT2D eigenvalue weighted by Crippen LogP contribution is -2.14. The van der Waals surface area contributed by atoms with E-state index in [1.165, 1.54) is 28.2 Å². The summed E-state index contributed by atoms with van der Waals surface area (Å²) < 4.78 is 11.3. The largest absolute Gasteiger partial charge is 0.494 e. The van der Waals surface area contributed by atoms with E-state index in [1.54, 1.807) is 0 Å². The summed E-state index contributed by atoms with van der Waals surface area (Å²) in [6.07, 6.45) is 0.193. The fourth-order valence-corrected chi connectivity index (χ4v) is 4.75. The molecule has 1 N–H and O–H groups in total. The molecule has 2 aromatic heterocycles. The van der Waals surface area contributed by atoms with Crippen LogP contribution < -0.4 is 14.8 Å². The third-order valence-electron chi connectivity index (χ3n) is 4.81. The molecule has 0 atom stereocenters. The number of nitrogens with one attached hydrogen (secondary N) is 1. The number of hydrogen-bond acceptors (Lipinski definition) is 7. The summed E-state index contributed by atoms with van der Waals surface area (Å²) in [5, 5.41) is 6.21. The number of carbonyl (C=O) groups is 1. The number of nitrogens with zero attached hydrogens (tertiary/aromatic N) is 2. The van der Waals surface area contributed by atoms with Gasteiger partial charge in [0.05, 0.1) is 24.4 Å². The van der Waals surface area contributed by atoms with E-state index in [0.29, 0.717) is 18.3 Å². The molecule has 0 radical (unpaired) electrons. The number of rotatable bonds is 9. The molecule has 2 heterocycles. The van der Waals surface area contributed by atoms with Crippen LogP contribution in [0.4, 0.5) is 5.13 Å². The molecule has 4 aromatic rings. The topological polar surface area (TPSA) is 73.3 Å². The van der Waals surface area contributed by atoms with Crippen molar-refractivity contribution in [2.24, 2.45) is 0 Å². The number of hydrogen-bond donors (Lipinski definition) is 1. The first-order valence-corrected chi connectivity index (χ1v) is 12.3.